The number of hydrogen-bond acceptors (Lipinski definition) is 1. The van der Waals surface area contributed by atoms with Crippen LogP contribution >= 0.6 is 0 Å². The van der Waals surface area contributed by atoms with Crippen molar-refractivity contribution in [2.75, 3.05) is 13.6 Å². The van der Waals surface area contributed by atoms with Gasteiger partial charge in [-0.1, -0.05) is 42.0 Å². The van der Waals surface area contributed by atoms with Gasteiger partial charge in [0.25, 0.3) is 0 Å². The maximum atomic E-state index is 12.4. The summed E-state index contributed by atoms with van der Waals surface area (Å²) >= 11 is 0. The number of amides is 1. The van der Waals surface area contributed by atoms with Gasteiger partial charge in [-0.05, 0) is 49.5 Å². The van der Waals surface area contributed by atoms with Gasteiger partial charge < -0.3 is 9.47 Å². The topological polar surface area (TPSA) is 25.2 Å². The summed E-state index contributed by atoms with van der Waals surface area (Å²) < 4.78 is 2.52. The molecule has 3 heterocycles. The number of fused-ring (bicyclic) bond motifs is 3. The normalized spacial score (nSPS) is 19.6. The number of aryl methyl sites for hydroxylation is 1. The summed E-state index contributed by atoms with van der Waals surface area (Å²) in [4.78, 5) is 14.2. The number of carbonyl (C=O) groups is 1. The van der Waals surface area contributed by atoms with Crippen LogP contribution in [0.25, 0.3) is 16.5 Å². The minimum atomic E-state index is 0.125. The molecule has 3 nitrogen and oxygen atoms in total. The lowest BCUT2D eigenvalue weighted by molar-refractivity contribution is -0.125. The van der Waals surface area contributed by atoms with Crippen LogP contribution in [0.3, 0.4) is 0 Å². The third kappa shape index (κ3) is 2.77. The van der Waals surface area contributed by atoms with Crippen molar-refractivity contribution in [1.29, 1.82) is 0 Å². The maximum absolute atomic E-state index is 12.4. The van der Waals surface area contributed by atoms with Gasteiger partial charge in [-0.15, -0.1) is 0 Å². The molecule has 1 aromatic heterocycles. The van der Waals surface area contributed by atoms with Crippen molar-refractivity contribution in [3.8, 4) is 0 Å². The van der Waals surface area contributed by atoms with E-state index >= 15 is 0 Å². The molecule has 3 aromatic rings. The highest BCUT2D eigenvalue weighted by Crippen LogP contribution is 2.40. The number of aromatic nitrogens is 1. The fourth-order valence-electron chi connectivity index (χ4n) is 4.89. The molecular weight excluding hydrogens is 344 g/mol. The van der Waals surface area contributed by atoms with E-state index in [-0.39, 0.29) is 5.91 Å². The smallest absolute Gasteiger partial charge is 0.246 e. The van der Waals surface area contributed by atoms with Crippen LogP contribution in [0.1, 0.15) is 41.1 Å². The van der Waals surface area contributed by atoms with Gasteiger partial charge in [0.1, 0.15) is 0 Å². The summed E-state index contributed by atoms with van der Waals surface area (Å²) in [5.74, 6) is 0.673. The zero-order valence-corrected chi connectivity index (χ0v) is 16.6. The number of nitrogens with zero attached hydrogens (tertiary/aromatic N) is 2. The van der Waals surface area contributed by atoms with Gasteiger partial charge in [-0.2, -0.15) is 0 Å². The van der Waals surface area contributed by atoms with Crippen LogP contribution in [-0.4, -0.2) is 29.0 Å². The van der Waals surface area contributed by atoms with Crippen LogP contribution in [0.2, 0.25) is 0 Å². The maximum Gasteiger partial charge on any atom is 0.246 e. The second-order valence-corrected chi connectivity index (χ2v) is 8.28. The molecule has 0 N–H and O–H groups in total. The predicted molar refractivity (Wildman–Crippen MR) is 114 cm³/mol. The third-order valence-electron chi connectivity index (χ3n) is 6.44. The molecule has 0 fully saturated rings. The van der Waals surface area contributed by atoms with Gasteiger partial charge >= 0.3 is 0 Å². The number of hydrogen-bond donors (Lipinski definition) is 0. The zero-order valence-electron chi connectivity index (χ0n) is 16.6. The molecule has 5 rings (SSSR count). The Hall–Kier alpha value is -2.81. The SMILES string of the molecule is Cc1ccc2c(c1)c(C1=CC(=O)N(C)CC1)c1n2CC(c2ccccc2)CC1. The Bertz CT molecular complexity index is 1090. The van der Waals surface area contributed by atoms with E-state index in [0.29, 0.717) is 5.92 Å². The van der Waals surface area contributed by atoms with Crippen LogP contribution in [-0.2, 0) is 17.8 Å². The molecule has 1 atom stereocenters. The summed E-state index contributed by atoms with van der Waals surface area (Å²) in [6.45, 7) is 3.97. The van der Waals surface area contributed by atoms with Crippen molar-refractivity contribution in [2.45, 2.75) is 38.6 Å². The van der Waals surface area contributed by atoms with Crippen LogP contribution in [0.15, 0.2) is 54.6 Å². The summed E-state index contributed by atoms with van der Waals surface area (Å²) in [6, 6.07) is 17.7. The lowest BCUT2D eigenvalue weighted by atomic mass is 9.88. The van der Waals surface area contributed by atoms with Crippen molar-refractivity contribution in [1.82, 2.24) is 9.47 Å². The second kappa shape index (κ2) is 6.66. The Balaban J connectivity index is 1.66. The fourth-order valence-corrected chi connectivity index (χ4v) is 4.89. The monoisotopic (exact) mass is 370 g/mol. The Morgan fingerprint density at radius 3 is 2.64 bits per heavy atom. The highest BCUT2D eigenvalue weighted by Gasteiger charge is 2.28. The van der Waals surface area contributed by atoms with Crippen LogP contribution in [0.4, 0.5) is 0 Å². The predicted octanol–water partition coefficient (Wildman–Crippen LogP) is 4.93. The Labute approximate surface area is 166 Å². The molecule has 28 heavy (non-hydrogen) atoms. The third-order valence-corrected chi connectivity index (χ3v) is 6.44. The molecule has 0 saturated heterocycles. The molecule has 0 radical (unpaired) electrons. The summed E-state index contributed by atoms with van der Waals surface area (Å²) in [6.07, 6.45) is 5.02. The van der Waals surface area contributed by atoms with Gasteiger partial charge in [0.15, 0.2) is 0 Å². The molecule has 2 aliphatic heterocycles. The van der Waals surface area contributed by atoms with Gasteiger partial charge in [-0.3, -0.25) is 4.79 Å². The molecule has 1 unspecified atom stereocenters. The number of carbonyl (C=O) groups excluding carboxylic acids is 1. The largest absolute Gasteiger partial charge is 0.343 e. The number of rotatable bonds is 2. The first-order valence-corrected chi connectivity index (χ1v) is 10.2. The van der Waals surface area contributed by atoms with Crippen molar-refractivity contribution < 1.29 is 4.79 Å². The van der Waals surface area contributed by atoms with Gasteiger partial charge in [-0.25, -0.2) is 0 Å². The Morgan fingerprint density at radius 1 is 1.04 bits per heavy atom. The Kier molecular flexibility index (Phi) is 4.12. The second-order valence-electron chi connectivity index (χ2n) is 8.28. The molecule has 0 bridgehead atoms. The number of benzene rings is 2. The molecule has 3 heteroatoms. The molecular formula is C25H26N2O. The van der Waals surface area contributed by atoms with E-state index in [1.165, 1.54) is 38.9 Å². The lowest BCUT2D eigenvalue weighted by Crippen LogP contribution is -2.29. The molecule has 142 valence electrons. The van der Waals surface area contributed by atoms with Crippen LogP contribution < -0.4 is 0 Å². The van der Waals surface area contributed by atoms with Crippen molar-refractivity contribution in [3.63, 3.8) is 0 Å². The summed E-state index contributed by atoms with van der Waals surface area (Å²) in [5, 5.41) is 1.31. The fraction of sp³-hybridized carbons (Fsp3) is 0.320. The minimum Gasteiger partial charge on any atom is -0.343 e. The van der Waals surface area contributed by atoms with Crippen LogP contribution in [0.5, 0.6) is 0 Å². The first-order chi connectivity index (χ1) is 13.6. The number of likely N-dealkylation sites (N-methyl/N-ethyl adjacent to an activating group) is 1. The van der Waals surface area contributed by atoms with E-state index in [9.17, 15) is 4.79 Å². The average molecular weight is 370 g/mol. The van der Waals surface area contributed by atoms with E-state index in [0.717, 1.165) is 32.4 Å². The van der Waals surface area contributed by atoms with E-state index in [4.69, 9.17) is 0 Å². The first-order valence-electron chi connectivity index (χ1n) is 10.2. The van der Waals surface area contributed by atoms with Crippen molar-refractivity contribution in [2.24, 2.45) is 0 Å². The molecule has 1 amide bonds. The molecule has 0 aliphatic carbocycles. The highest BCUT2D eigenvalue weighted by molar-refractivity contribution is 6.03. The van der Waals surface area contributed by atoms with E-state index in [2.05, 4.69) is 60.0 Å². The van der Waals surface area contributed by atoms with Gasteiger partial charge in [0.2, 0.25) is 5.91 Å². The lowest BCUT2D eigenvalue weighted by Gasteiger charge is -2.28. The van der Waals surface area contributed by atoms with Crippen molar-refractivity contribution in [3.05, 3.63) is 77.0 Å². The minimum absolute atomic E-state index is 0.125. The average Bonchev–Trinajstić information content (AvgIpc) is 3.03. The van der Waals surface area contributed by atoms with E-state index < -0.39 is 0 Å². The quantitative estimate of drug-likeness (QED) is 0.628. The van der Waals surface area contributed by atoms with E-state index in [1.807, 2.05) is 18.0 Å². The molecule has 0 spiro atoms. The Morgan fingerprint density at radius 2 is 1.86 bits per heavy atom. The highest BCUT2D eigenvalue weighted by atomic mass is 16.2. The van der Waals surface area contributed by atoms with E-state index in [1.54, 1.807) is 0 Å². The summed E-state index contributed by atoms with van der Waals surface area (Å²) in [7, 11) is 1.89. The van der Waals surface area contributed by atoms with Crippen molar-refractivity contribution >= 4 is 22.4 Å². The first kappa shape index (κ1) is 17.3. The standard InChI is InChI=1S/C25H26N2O/c1-17-8-10-22-21(14-17)25(19-12-13-26(2)24(28)15-19)23-11-9-20(16-27(22)23)18-6-4-3-5-7-18/h3-8,10,14-15,20H,9,11-13,16H2,1-2H3. The molecule has 0 saturated carbocycles. The molecule has 2 aromatic carbocycles. The zero-order chi connectivity index (χ0) is 19.3. The summed E-state index contributed by atoms with van der Waals surface area (Å²) in [5.41, 5.74) is 7.96. The van der Waals surface area contributed by atoms with Gasteiger partial charge in [0.05, 0.1) is 0 Å². The van der Waals surface area contributed by atoms with Crippen LogP contribution in [0, 0.1) is 6.92 Å². The van der Waals surface area contributed by atoms with Gasteiger partial charge in [0, 0.05) is 54.3 Å². The molecule has 2 aliphatic rings.